The molecule has 0 aliphatic heterocycles. The smallest absolute Gasteiger partial charge is 0.272 e. The Bertz CT molecular complexity index is 858. The molecule has 0 aliphatic rings. The molecule has 5 heteroatoms. The fraction of sp³-hybridized carbons (Fsp3) is 0.158. The Morgan fingerprint density at radius 3 is 2.50 bits per heavy atom. The first-order valence-electron chi connectivity index (χ1n) is 7.73. The van der Waals surface area contributed by atoms with Gasteiger partial charge in [-0.1, -0.05) is 48.0 Å². The molecule has 1 aromatic heterocycles. The summed E-state index contributed by atoms with van der Waals surface area (Å²) in [5.41, 5.74) is 3.09. The number of carbonyl (C=O) groups is 1. The molecule has 0 radical (unpaired) electrons. The van der Waals surface area contributed by atoms with E-state index in [2.05, 4.69) is 10.4 Å². The van der Waals surface area contributed by atoms with Crippen LogP contribution in [0.15, 0.2) is 60.7 Å². The molecule has 0 aliphatic carbocycles. The van der Waals surface area contributed by atoms with Gasteiger partial charge < -0.3 is 5.32 Å². The van der Waals surface area contributed by atoms with Crippen LogP contribution in [-0.2, 0) is 0 Å². The number of halogens is 1. The zero-order chi connectivity index (χ0) is 17.1. The van der Waals surface area contributed by atoms with E-state index in [-0.39, 0.29) is 11.9 Å². The van der Waals surface area contributed by atoms with Crippen LogP contribution in [-0.4, -0.2) is 15.7 Å². The van der Waals surface area contributed by atoms with E-state index < -0.39 is 0 Å². The number of aryl methyl sites for hydroxylation is 1. The minimum absolute atomic E-state index is 0.201. The van der Waals surface area contributed by atoms with Crippen LogP contribution in [0.25, 0.3) is 5.69 Å². The number of nitrogens with one attached hydrogen (secondary N) is 1. The fourth-order valence-corrected chi connectivity index (χ4v) is 2.89. The van der Waals surface area contributed by atoms with E-state index in [1.165, 1.54) is 0 Å². The molecule has 0 saturated heterocycles. The van der Waals surface area contributed by atoms with Gasteiger partial charge in [0, 0.05) is 10.7 Å². The van der Waals surface area contributed by atoms with Crippen LogP contribution in [0.1, 0.15) is 34.7 Å². The predicted molar refractivity (Wildman–Crippen MR) is 95.6 cm³/mol. The number of aromatic nitrogens is 2. The first-order valence-corrected chi connectivity index (χ1v) is 8.11. The molecule has 1 amide bonds. The summed E-state index contributed by atoms with van der Waals surface area (Å²) >= 11 is 6.19. The Balaban J connectivity index is 1.80. The molecule has 24 heavy (non-hydrogen) atoms. The van der Waals surface area contributed by atoms with Crippen molar-refractivity contribution in [1.82, 2.24) is 15.1 Å². The highest BCUT2D eigenvalue weighted by Gasteiger charge is 2.17. The molecular weight excluding hydrogens is 322 g/mol. The van der Waals surface area contributed by atoms with Crippen molar-refractivity contribution < 1.29 is 4.79 Å². The van der Waals surface area contributed by atoms with Gasteiger partial charge in [-0.2, -0.15) is 5.10 Å². The molecule has 4 nitrogen and oxygen atoms in total. The number of rotatable bonds is 4. The lowest BCUT2D eigenvalue weighted by Crippen LogP contribution is -2.27. The molecule has 1 atom stereocenters. The summed E-state index contributed by atoms with van der Waals surface area (Å²) in [7, 11) is 0. The van der Waals surface area contributed by atoms with Crippen LogP contribution >= 0.6 is 11.6 Å². The topological polar surface area (TPSA) is 46.9 Å². The molecule has 0 fully saturated rings. The summed E-state index contributed by atoms with van der Waals surface area (Å²) in [6.07, 6.45) is 0. The molecule has 0 saturated carbocycles. The summed E-state index contributed by atoms with van der Waals surface area (Å²) in [6, 6.07) is 18.8. The van der Waals surface area contributed by atoms with Gasteiger partial charge >= 0.3 is 0 Å². The highest BCUT2D eigenvalue weighted by atomic mass is 35.5. The number of benzene rings is 2. The summed E-state index contributed by atoms with van der Waals surface area (Å²) in [4.78, 5) is 12.5. The Hall–Kier alpha value is -2.59. The predicted octanol–water partition coefficient (Wildman–Crippen LogP) is 4.33. The third-order valence-corrected chi connectivity index (χ3v) is 4.18. The van der Waals surface area contributed by atoms with Crippen molar-refractivity contribution >= 4 is 17.5 Å². The van der Waals surface area contributed by atoms with Gasteiger partial charge in [-0.15, -0.1) is 0 Å². The highest BCUT2D eigenvalue weighted by Crippen LogP contribution is 2.22. The van der Waals surface area contributed by atoms with Crippen LogP contribution in [0, 0.1) is 6.92 Å². The molecule has 3 aromatic rings. The molecule has 1 heterocycles. The van der Waals surface area contributed by atoms with Gasteiger partial charge in [0.1, 0.15) is 0 Å². The van der Waals surface area contributed by atoms with E-state index >= 15 is 0 Å². The number of hydrogen-bond acceptors (Lipinski definition) is 2. The third kappa shape index (κ3) is 3.34. The van der Waals surface area contributed by atoms with Gasteiger partial charge in [0.05, 0.1) is 11.7 Å². The molecule has 0 spiro atoms. The Morgan fingerprint density at radius 1 is 1.12 bits per heavy atom. The summed E-state index contributed by atoms with van der Waals surface area (Å²) in [5, 5.41) is 8.00. The first-order chi connectivity index (χ1) is 11.6. The molecule has 1 unspecified atom stereocenters. The lowest BCUT2D eigenvalue weighted by molar-refractivity contribution is 0.0934. The SMILES string of the molecule is Cc1cc(C(=O)NC(C)c2ccccc2Cl)nn1-c1ccccc1. The van der Waals surface area contributed by atoms with Gasteiger partial charge in [0.25, 0.3) is 5.91 Å². The molecule has 122 valence electrons. The lowest BCUT2D eigenvalue weighted by atomic mass is 10.1. The minimum Gasteiger partial charge on any atom is -0.344 e. The molecule has 1 N–H and O–H groups in total. The number of nitrogens with zero attached hydrogens (tertiary/aromatic N) is 2. The highest BCUT2D eigenvalue weighted by molar-refractivity contribution is 6.31. The summed E-state index contributed by atoms with van der Waals surface area (Å²) in [5.74, 6) is -0.222. The van der Waals surface area contributed by atoms with Crippen molar-refractivity contribution in [2.75, 3.05) is 0 Å². The Labute approximate surface area is 146 Å². The van der Waals surface area contributed by atoms with Crippen LogP contribution in [0.4, 0.5) is 0 Å². The number of amides is 1. The monoisotopic (exact) mass is 339 g/mol. The first kappa shape index (κ1) is 16.3. The van der Waals surface area contributed by atoms with Gasteiger partial charge in [-0.3, -0.25) is 4.79 Å². The number of carbonyl (C=O) groups excluding carboxylic acids is 1. The second-order valence-corrected chi connectivity index (χ2v) is 6.04. The van der Waals surface area contributed by atoms with Crippen LogP contribution in [0.3, 0.4) is 0 Å². The van der Waals surface area contributed by atoms with Crippen LogP contribution in [0.2, 0.25) is 5.02 Å². The van der Waals surface area contributed by atoms with E-state index in [1.807, 2.05) is 68.4 Å². The van der Waals surface area contributed by atoms with Crippen molar-refractivity contribution in [3.8, 4) is 5.69 Å². The lowest BCUT2D eigenvalue weighted by Gasteiger charge is -2.14. The van der Waals surface area contributed by atoms with Crippen molar-refractivity contribution in [2.45, 2.75) is 19.9 Å². The summed E-state index contributed by atoms with van der Waals surface area (Å²) in [6.45, 7) is 3.83. The van der Waals surface area contributed by atoms with Gasteiger partial charge in [0.2, 0.25) is 0 Å². The maximum absolute atomic E-state index is 12.5. The maximum atomic E-state index is 12.5. The largest absolute Gasteiger partial charge is 0.344 e. The zero-order valence-electron chi connectivity index (χ0n) is 13.5. The quantitative estimate of drug-likeness (QED) is 0.769. The van der Waals surface area contributed by atoms with E-state index in [0.29, 0.717) is 10.7 Å². The average Bonchev–Trinajstić information content (AvgIpc) is 2.98. The average molecular weight is 340 g/mol. The molecule has 2 aromatic carbocycles. The van der Waals surface area contributed by atoms with E-state index in [9.17, 15) is 4.79 Å². The van der Waals surface area contributed by atoms with Crippen LogP contribution < -0.4 is 5.32 Å². The van der Waals surface area contributed by atoms with Crippen molar-refractivity contribution in [1.29, 1.82) is 0 Å². The zero-order valence-corrected chi connectivity index (χ0v) is 14.3. The number of para-hydroxylation sites is 1. The second kappa shape index (κ2) is 6.89. The van der Waals surface area contributed by atoms with E-state index in [0.717, 1.165) is 16.9 Å². The third-order valence-electron chi connectivity index (χ3n) is 3.84. The maximum Gasteiger partial charge on any atom is 0.272 e. The van der Waals surface area contributed by atoms with Crippen molar-refractivity contribution in [2.24, 2.45) is 0 Å². The Morgan fingerprint density at radius 2 is 1.79 bits per heavy atom. The van der Waals surface area contributed by atoms with Gasteiger partial charge in [-0.05, 0) is 43.7 Å². The molecule has 0 bridgehead atoms. The Kier molecular flexibility index (Phi) is 4.67. The van der Waals surface area contributed by atoms with Gasteiger partial charge in [-0.25, -0.2) is 4.68 Å². The van der Waals surface area contributed by atoms with Crippen molar-refractivity contribution in [3.63, 3.8) is 0 Å². The second-order valence-electron chi connectivity index (χ2n) is 5.63. The van der Waals surface area contributed by atoms with E-state index in [4.69, 9.17) is 11.6 Å². The fourth-order valence-electron chi connectivity index (χ4n) is 2.59. The summed E-state index contributed by atoms with van der Waals surface area (Å²) < 4.78 is 1.76. The molecule has 3 rings (SSSR count). The van der Waals surface area contributed by atoms with E-state index in [1.54, 1.807) is 10.7 Å². The van der Waals surface area contributed by atoms with Gasteiger partial charge in [0.15, 0.2) is 5.69 Å². The molecular formula is C19H18ClN3O. The standard InChI is InChI=1S/C19H18ClN3O/c1-13-12-18(22-23(13)15-8-4-3-5-9-15)19(24)21-14(2)16-10-6-7-11-17(16)20/h3-12,14H,1-2H3,(H,21,24). The van der Waals surface area contributed by atoms with Crippen LogP contribution in [0.5, 0.6) is 0 Å². The number of hydrogen-bond donors (Lipinski definition) is 1. The minimum atomic E-state index is -0.222. The van der Waals surface area contributed by atoms with Crippen molar-refractivity contribution in [3.05, 3.63) is 82.6 Å². The normalized spacial score (nSPS) is 12.0.